The van der Waals surface area contributed by atoms with Crippen molar-refractivity contribution in [1.29, 1.82) is 0 Å². The van der Waals surface area contributed by atoms with Gasteiger partial charge < -0.3 is 4.74 Å². The molecule has 0 bridgehead atoms. The summed E-state index contributed by atoms with van der Waals surface area (Å²) in [6.45, 7) is 2.92. The minimum Gasteiger partial charge on any atom is -0.494 e. The van der Waals surface area contributed by atoms with Crippen molar-refractivity contribution in [2.24, 2.45) is 0 Å². The van der Waals surface area contributed by atoms with Gasteiger partial charge in [0.15, 0.2) is 0 Å². The number of benzene rings is 2. The highest BCUT2D eigenvalue weighted by Gasteiger charge is 1.98. The molecule has 0 spiro atoms. The Kier molecular flexibility index (Phi) is 4.82. The Morgan fingerprint density at radius 3 is 2.44 bits per heavy atom. The lowest BCUT2D eigenvalue weighted by molar-refractivity contribution is 0.311. The smallest absolute Gasteiger partial charge is 0.119 e. The molecule has 0 N–H and O–H groups in total. The molecule has 2 rings (SSSR count). The fraction of sp³-hybridized carbons (Fsp3) is 0.250. The van der Waals surface area contributed by atoms with Gasteiger partial charge in [0.25, 0.3) is 0 Å². The van der Waals surface area contributed by atoms with E-state index >= 15 is 0 Å². The van der Waals surface area contributed by atoms with Crippen molar-refractivity contribution in [2.45, 2.75) is 19.8 Å². The van der Waals surface area contributed by atoms with Crippen LogP contribution in [0.15, 0.2) is 53.0 Å². The first kappa shape index (κ1) is 13.2. The Hall–Kier alpha value is -1.28. The van der Waals surface area contributed by atoms with Crippen molar-refractivity contribution in [1.82, 2.24) is 0 Å². The lowest BCUT2D eigenvalue weighted by atomic mass is 10.0. The third kappa shape index (κ3) is 3.88. The summed E-state index contributed by atoms with van der Waals surface area (Å²) in [6.07, 6.45) is 2.12. The van der Waals surface area contributed by atoms with Crippen LogP contribution in [-0.4, -0.2) is 6.61 Å². The van der Waals surface area contributed by atoms with Crippen LogP contribution in [0.3, 0.4) is 0 Å². The summed E-state index contributed by atoms with van der Waals surface area (Å²) in [6, 6.07) is 16.5. The maximum absolute atomic E-state index is 5.70. The standard InChI is InChI=1S/C16H17BrO/c1-13-5-2-3-6-14(13)7-4-12-18-16-10-8-15(17)9-11-16/h2-3,5-6,8-11H,4,7,12H2,1H3. The van der Waals surface area contributed by atoms with Crippen LogP contribution in [0.2, 0.25) is 0 Å². The van der Waals surface area contributed by atoms with Gasteiger partial charge in [0.05, 0.1) is 6.61 Å². The van der Waals surface area contributed by atoms with E-state index in [1.165, 1.54) is 11.1 Å². The molecule has 2 heteroatoms. The second kappa shape index (κ2) is 6.60. The van der Waals surface area contributed by atoms with Gasteiger partial charge in [-0.15, -0.1) is 0 Å². The maximum atomic E-state index is 5.70. The molecule has 0 saturated carbocycles. The maximum Gasteiger partial charge on any atom is 0.119 e. The van der Waals surface area contributed by atoms with Gasteiger partial charge in [-0.1, -0.05) is 40.2 Å². The second-order valence-electron chi connectivity index (χ2n) is 4.33. The van der Waals surface area contributed by atoms with E-state index in [1.807, 2.05) is 24.3 Å². The highest BCUT2D eigenvalue weighted by Crippen LogP contribution is 2.16. The van der Waals surface area contributed by atoms with Crippen LogP contribution in [0.1, 0.15) is 17.5 Å². The van der Waals surface area contributed by atoms with Crippen molar-refractivity contribution in [3.63, 3.8) is 0 Å². The molecule has 0 aliphatic heterocycles. The minimum atomic E-state index is 0.760. The predicted molar refractivity (Wildman–Crippen MR) is 79.1 cm³/mol. The van der Waals surface area contributed by atoms with Gasteiger partial charge in [-0.2, -0.15) is 0 Å². The zero-order valence-electron chi connectivity index (χ0n) is 10.5. The van der Waals surface area contributed by atoms with E-state index in [0.29, 0.717) is 0 Å². The average molecular weight is 305 g/mol. The molecular formula is C16H17BrO. The summed E-state index contributed by atoms with van der Waals surface area (Å²) in [4.78, 5) is 0. The SMILES string of the molecule is Cc1ccccc1CCCOc1ccc(Br)cc1. The number of rotatable bonds is 5. The Balaban J connectivity index is 1.76. The van der Waals surface area contributed by atoms with Crippen molar-refractivity contribution in [2.75, 3.05) is 6.61 Å². The van der Waals surface area contributed by atoms with Gasteiger partial charge in [-0.05, 0) is 55.2 Å². The van der Waals surface area contributed by atoms with E-state index < -0.39 is 0 Å². The van der Waals surface area contributed by atoms with Gasteiger partial charge in [-0.25, -0.2) is 0 Å². The van der Waals surface area contributed by atoms with Gasteiger partial charge in [-0.3, -0.25) is 0 Å². The molecular weight excluding hydrogens is 288 g/mol. The molecule has 0 aromatic heterocycles. The van der Waals surface area contributed by atoms with E-state index in [2.05, 4.69) is 47.1 Å². The van der Waals surface area contributed by atoms with Gasteiger partial charge >= 0.3 is 0 Å². The number of aryl methyl sites for hydroxylation is 2. The van der Waals surface area contributed by atoms with Crippen LogP contribution in [-0.2, 0) is 6.42 Å². The lowest BCUT2D eigenvalue weighted by Gasteiger charge is -2.07. The molecule has 2 aromatic rings. The number of halogens is 1. The molecule has 0 unspecified atom stereocenters. The molecule has 0 saturated heterocycles. The van der Waals surface area contributed by atoms with Gasteiger partial charge in [0.2, 0.25) is 0 Å². The summed E-state index contributed by atoms with van der Waals surface area (Å²) in [5.41, 5.74) is 2.78. The van der Waals surface area contributed by atoms with Crippen LogP contribution in [0, 0.1) is 6.92 Å². The normalized spacial score (nSPS) is 10.3. The van der Waals surface area contributed by atoms with Crippen LogP contribution in [0.5, 0.6) is 5.75 Å². The van der Waals surface area contributed by atoms with E-state index in [0.717, 1.165) is 29.7 Å². The summed E-state index contributed by atoms with van der Waals surface area (Å²) in [5.74, 6) is 0.933. The molecule has 0 aliphatic carbocycles. The fourth-order valence-electron chi connectivity index (χ4n) is 1.87. The highest BCUT2D eigenvalue weighted by atomic mass is 79.9. The molecule has 1 nitrogen and oxygen atoms in total. The van der Waals surface area contributed by atoms with E-state index in [-0.39, 0.29) is 0 Å². The second-order valence-corrected chi connectivity index (χ2v) is 5.25. The van der Waals surface area contributed by atoms with Crippen LogP contribution in [0.25, 0.3) is 0 Å². The summed E-state index contributed by atoms with van der Waals surface area (Å²) in [7, 11) is 0. The Morgan fingerprint density at radius 1 is 1.00 bits per heavy atom. The van der Waals surface area contributed by atoms with Crippen molar-refractivity contribution < 1.29 is 4.74 Å². The molecule has 0 atom stereocenters. The summed E-state index contributed by atoms with van der Waals surface area (Å²) >= 11 is 3.41. The Morgan fingerprint density at radius 2 is 1.72 bits per heavy atom. The topological polar surface area (TPSA) is 9.23 Å². The van der Waals surface area contributed by atoms with Crippen LogP contribution < -0.4 is 4.74 Å². The van der Waals surface area contributed by atoms with Crippen molar-refractivity contribution in [3.8, 4) is 5.75 Å². The van der Waals surface area contributed by atoms with Crippen molar-refractivity contribution >= 4 is 15.9 Å². The first-order chi connectivity index (χ1) is 8.75. The average Bonchev–Trinajstić information content (AvgIpc) is 2.39. The molecule has 0 aliphatic rings. The van der Waals surface area contributed by atoms with Crippen molar-refractivity contribution in [3.05, 3.63) is 64.1 Å². The first-order valence-electron chi connectivity index (χ1n) is 6.18. The van der Waals surface area contributed by atoms with Gasteiger partial charge in [0.1, 0.15) is 5.75 Å². The number of hydrogen-bond donors (Lipinski definition) is 0. The minimum absolute atomic E-state index is 0.760. The lowest BCUT2D eigenvalue weighted by Crippen LogP contribution is -2.00. The monoisotopic (exact) mass is 304 g/mol. The Bertz CT molecular complexity index is 491. The van der Waals surface area contributed by atoms with E-state index in [9.17, 15) is 0 Å². The molecule has 0 heterocycles. The summed E-state index contributed by atoms with van der Waals surface area (Å²) in [5, 5.41) is 0. The third-order valence-corrected chi connectivity index (χ3v) is 3.46. The molecule has 94 valence electrons. The molecule has 2 aromatic carbocycles. The molecule has 0 amide bonds. The number of ether oxygens (including phenoxy) is 1. The summed E-state index contributed by atoms with van der Waals surface area (Å²) < 4.78 is 6.78. The predicted octanol–water partition coefficient (Wildman–Crippen LogP) is 4.77. The van der Waals surface area contributed by atoms with Crippen LogP contribution in [0.4, 0.5) is 0 Å². The van der Waals surface area contributed by atoms with Crippen LogP contribution >= 0.6 is 15.9 Å². The van der Waals surface area contributed by atoms with E-state index in [1.54, 1.807) is 0 Å². The Labute approximate surface area is 117 Å². The number of hydrogen-bond acceptors (Lipinski definition) is 1. The quantitative estimate of drug-likeness (QED) is 0.723. The van der Waals surface area contributed by atoms with Gasteiger partial charge in [0, 0.05) is 4.47 Å². The zero-order chi connectivity index (χ0) is 12.8. The largest absolute Gasteiger partial charge is 0.494 e. The van der Waals surface area contributed by atoms with E-state index in [4.69, 9.17) is 4.74 Å². The fourth-order valence-corrected chi connectivity index (χ4v) is 2.14. The molecule has 0 radical (unpaired) electrons. The first-order valence-corrected chi connectivity index (χ1v) is 6.98. The highest BCUT2D eigenvalue weighted by molar-refractivity contribution is 9.10. The molecule has 0 fully saturated rings. The molecule has 18 heavy (non-hydrogen) atoms. The third-order valence-electron chi connectivity index (χ3n) is 2.93. The zero-order valence-corrected chi connectivity index (χ0v) is 12.1.